The summed E-state index contributed by atoms with van der Waals surface area (Å²) in [5.74, 6) is -0.463. The number of benzene rings is 2. The average molecular weight is 340 g/mol. The monoisotopic (exact) mass is 339 g/mol. The molecule has 120 valence electrons. The number of para-hydroxylation sites is 1. The number of aromatic nitrogens is 2. The molecule has 0 N–H and O–H groups in total. The predicted molar refractivity (Wildman–Crippen MR) is 93.6 cm³/mol. The summed E-state index contributed by atoms with van der Waals surface area (Å²) in [5, 5.41) is 4.92. The molecule has 0 bridgehead atoms. The van der Waals surface area contributed by atoms with E-state index in [-0.39, 0.29) is 0 Å². The minimum atomic E-state index is -0.463. The Morgan fingerprint density at radius 3 is 2.54 bits per heavy atom. The van der Waals surface area contributed by atoms with Gasteiger partial charge in [0.05, 0.1) is 36.6 Å². The molecule has 6 heteroatoms. The minimum absolute atomic E-state index is 0.346. The summed E-state index contributed by atoms with van der Waals surface area (Å²) in [6.07, 6.45) is 3.07. The number of nitrogens with zero attached hydrogens (tertiary/aromatic N) is 3. The number of hydrogen-bond acceptors (Lipinski definition) is 4. The van der Waals surface area contributed by atoms with E-state index in [1.165, 1.54) is 13.3 Å². The van der Waals surface area contributed by atoms with Crippen LogP contribution in [0, 0.1) is 0 Å². The van der Waals surface area contributed by atoms with Crippen LogP contribution in [-0.4, -0.2) is 29.1 Å². The molecule has 3 rings (SSSR count). The quantitative estimate of drug-likeness (QED) is 0.532. The fourth-order valence-corrected chi connectivity index (χ4v) is 2.31. The van der Waals surface area contributed by atoms with E-state index in [1.807, 2.05) is 30.3 Å². The first-order valence-corrected chi connectivity index (χ1v) is 7.58. The van der Waals surface area contributed by atoms with E-state index < -0.39 is 5.97 Å². The highest BCUT2D eigenvalue weighted by molar-refractivity contribution is 6.30. The lowest BCUT2D eigenvalue weighted by Crippen LogP contribution is -2.07. The number of methoxy groups -OCH3 is 1. The molecule has 0 aliphatic heterocycles. The summed E-state index contributed by atoms with van der Waals surface area (Å²) in [6, 6.07) is 16.6. The zero-order chi connectivity index (χ0) is 16.9. The molecule has 0 aliphatic rings. The lowest BCUT2D eigenvalue weighted by atomic mass is 10.2. The van der Waals surface area contributed by atoms with Gasteiger partial charge >= 0.3 is 5.97 Å². The van der Waals surface area contributed by atoms with Crippen LogP contribution in [0.25, 0.3) is 5.69 Å². The standard InChI is InChI=1S/C18H14ClN3O2/c1-24-18(23)16-11-21-22(15-5-3-2-4-6-15)17(16)12-20-14-9-7-13(19)8-10-14/h2-12H,1H3. The Hall–Kier alpha value is -2.92. The second-order valence-corrected chi connectivity index (χ2v) is 5.35. The Morgan fingerprint density at radius 2 is 1.88 bits per heavy atom. The molecule has 24 heavy (non-hydrogen) atoms. The Kier molecular flexibility index (Phi) is 4.72. The van der Waals surface area contributed by atoms with Gasteiger partial charge in [-0.2, -0.15) is 5.10 Å². The van der Waals surface area contributed by atoms with E-state index >= 15 is 0 Å². The normalized spacial score (nSPS) is 10.9. The summed E-state index contributed by atoms with van der Waals surface area (Å²) in [6.45, 7) is 0. The molecule has 0 spiro atoms. The van der Waals surface area contributed by atoms with Crippen LogP contribution in [0.15, 0.2) is 65.8 Å². The van der Waals surface area contributed by atoms with Crippen molar-refractivity contribution in [2.75, 3.05) is 7.11 Å². The smallest absolute Gasteiger partial charge is 0.341 e. The van der Waals surface area contributed by atoms with Gasteiger partial charge in [-0.25, -0.2) is 9.48 Å². The van der Waals surface area contributed by atoms with Crippen LogP contribution in [0.2, 0.25) is 5.02 Å². The maximum atomic E-state index is 12.0. The Labute approximate surface area is 144 Å². The van der Waals surface area contributed by atoms with Gasteiger partial charge in [0, 0.05) is 5.02 Å². The summed E-state index contributed by atoms with van der Waals surface area (Å²) < 4.78 is 6.47. The van der Waals surface area contributed by atoms with Crippen LogP contribution in [-0.2, 0) is 4.74 Å². The molecule has 0 fully saturated rings. The van der Waals surface area contributed by atoms with Gasteiger partial charge in [-0.1, -0.05) is 29.8 Å². The third-order valence-corrected chi connectivity index (χ3v) is 3.63. The number of halogens is 1. The van der Waals surface area contributed by atoms with Crippen molar-refractivity contribution < 1.29 is 9.53 Å². The number of rotatable bonds is 4. The molecule has 5 nitrogen and oxygen atoms in total. The number of carbonyl (C=O) groups excluding carboxylic acids is 1. The van der Waals surface area contributed by atoms with Gasteiger partial charge in [-0.05, 0) is 36.4 Å². The van der Waals surface area contributed by atoms with Gasteiger partial charge in [-0.3, -0.25) is 4.99 Å². The topological polar surface area (TPSA) is 56.5 Å². The number of ether oxygens (including phenoxy) is 1. The van der Waals surface area contributed by atoms with Crippen molar-refractivity contribution in [1.29, 1.82) is 0 Å². The molecule has 0 unspecified atom stereocenters. The molecular weight excluding hydrogens is 326 g/mol. The lowest BCUT2D eigenvalue weighted by Gasteiger charge is -2.05. The van der Waals surface area contributed by atoms with E-state index in [0.717, 1.165) is 11.4 Å². The van der Waals surface area contributed by atoms with Crippen LogP contribution in [0.4, 0.5) is 5.69 Å². The average Bonchev–Trinajstić information content (AvgIpc) is 3.05. The minimum Gasteiger partial charge on any atom is -0.465 e. The fourth-order valence-electron chi connectivity index (χ4n) is 2.19. The molecule has 0 aliphatic carbocycles. The number of carbonyl (C=O) groups is 1. The van der Waals surface area contributed by atoms with Crippen molar-refractivity contribution >= 4 is 29.5 Å². The molecule has 3 aromatic rings. The highest BCUT2D eigenvalue weighted by Gasteiger charge is 2.17. The lowest BCUT2D eigenvalue weighted by molar-refractivity contribution is 0.0600. The SMILES string of the molecule is COC(=O)c1cnn(-c2ccccc2)c1C=Nc1ccc(Cl)cc1. The van der Waals surface area contributed by atoms with Crippen molar-refractivity contribution in [2.24, 2.45) is 4.99 Å². The first-order valence-electron chi connectivity index (χ1n) is 7.20. The maximum Gasteiger partial charge on any atom is 0.341 e. The first-order chi connectivity index (χ1) is 11.7. The van der Waals surface area contributed by atoms with Crippen molar-refractivity contribution in [1.82, 2.24) is 9.78 Å². The Balaban J connectivity index is 2.04. The summed E-state index contributed by atoms with van der Waals surface area (Å²) in [7, 11) is 1.34. The summed E-state index contributed by atoms with van der Waals surface area (Å²) in [4.78, 5) is 16.4. The van der Waals surface area contributed by atoms with Crippen LogP contribution < -0.4 is 0 Å². The largest absolute Gasteiger partial charge is 0.465 e. The van der Waals surface area contributed by atoms with Crippen molar-refractivity contribution in [3.8, 4) is 5.69 Å². The van der Waals surface area contributed by atoms with E-state index in [4.69, 9.17) is 16.3 Å². The number of aliphatic imine (C=N–C) groups is 1. The predicted octanol–water partition coefficient (Wildman–Crippen LogP) is 4.06. The third kappa shape index (κ3) is 3.36. The van der Waals surface area contributed by atoms with Gasteiger partial charge in [0.2, 0.25) is 0 Å². The number of hydrogen-bond donors (Lipinski definition) is 0. The van der Waals surface area contributed by atoms with E-state index in [0.29, 0.717) is 16.3 Å². The van der Waals surface area contributed by atoms with Gasteiger partial charge in [0.15, 0.2) is 0 Å². The van der Waals surface area contributed by atoms with E-state index in [9.17, 15) is 4.79 Å². The van der Waals surface area contributed by atoms with Gasteiger partial charge in [0.25, 0.3) is 0 Å². The molecule has 1 aromatic heterocycles. The Morgan fingerprint density at radius 1 is 1.17 bits per heavy atom. The zero-order valence-electron chi connectivity index (χ0n) is 12.9. The molecule has 1 heterocycles. The maximum absolute atomic E-state index is 12.0. The first kappa shape index (κ1) is 16.0. The highest BCUT2D eigenvalue weighted by atomic mass is 35.5. The molecule has 0 atom stereocenters. The van der Waals surface area contributed by atoms with Crippen molar-refractivity contribution in [3.05, 3.63) is 77.1 Å². The van der Waals surface area contributed by atoms with Crippen molar-refractivity contribution in [3.63, 3.8) is 0 Å². The van der Waals surface area contributed by atoms with E-state index in [2.05, 4.69) is 10.1 Å². The van der Waals surface area contributed by atoms with Crippen LogP contribution in [0.3, 0.4) is 0 Å². The molecule has 0 radical (unpaired) electrons. The highest BCUT2D eigenvalue weighted by Crippen LogP contribution is 2.18. The van der Waals surface area contributed by atoms with Gasteiger partial charge < -0.3 is 4.74 Å². The van der Waals surface area contributed by atoms with Gasteiger partial charge in [-0.15, -0.1) is 0 Å². The second-order valence-electron chi connectivity index (χ2n) is 4.92. The zero-order valence-corrected chi connectivity index (χ0v) is 13.6. The van der Waals surface area contributed by atoms with E-state index in [1.54, 1.807) is 35.2 Å². The van der Waals surface area contributed by atoms with Crippen LogP contribution in [0.1, 0.15) is 16.1 Å². The summed E-state index contributed by atoms with van der Waals surface area (Å²) >= 11 is 5.88. The Bertz CT molecular complexity index is 871. The van der Waals surface area contributed by atoms with Crippen LogP contribution in [0.5, 0.6) is 0 Å². The molecule has 0 amide bonds. The second kappa shape index (κ2) is 7.10. The third-order valence-electron chi connectivity index (χ3n) is 3.38. The summed E-state index contributed by atoms with van der Waals surface area (Å²) in [5.41, 5.74) is 2.43. The van der Waals surface area contributed by atoms with Gasteiger partial charge in [0.1, 0.15) is 5.56 Å². The van der Waals surface area contributed by atoms with Crippen molar-refractivity contribution in [2.45, 2.75) is 0 Å². The molecular formula is C18H14ClN3O2. The van der Waals surface area contributed by atoms with Crippen LogP contribution >= 0.6 is 11.6 Å². The molecule has 0 saturated carbocycles. The molecule has 0 saturated heterocycles. The fraction of sp³-hybridized carbons (Fsp3) is 0.0556. The number of esters is 1. The molecule has 2 aromatic carbocycles.